The molecule has 1 aromatic rings. The molecule has 0 aliphatic carbocycles. The number of likely N-dealkylation sites (N-methyl/N-ethyl adjacent to an activating group) is 1. The van der Waals surface area contributed by atoms with Crippen LogP contribution in [0.3, 0.4) is 0 Å². The number of nitrogens with one attached hydrogen (secondary N) is 1. The van der Waals surface area contributed by atoms with Crippen LogP contribution in [0.4, 0.5) is 0 Å². The van der Waals surface area contributed by atoms with Crippen molar-refractivity contribution in [1.29, 1.82) is 0 Å². The monoisotopic (exact) mass is 263 g/mol. The molecule has 0 bridgehead atoms. The highest BCUT2D eigenvalue weighted by atomic mass is 16.5. The van der Waals surface area contributed by atoms with E-state index in [0.29, 0.717) is 0 Å². The Hall–Kier alpha value is -0.940. The zero-order valence-electron chi connectivity index (χ0n) is 12.1. The molecule has 1 saturated heterocycles. The highest BCUT2D eigenvalue weighted by Gasteiger charge is 2.26. The lowest BCUT2D eigenvalue weighted by molar-refractivity contribution is -0.0384. The molecule has 1 aliphatic heterocycles. The van der Waals surface area contributed by atoms with E-state index in [2.05, 4.69) is 49.4 Å². The van der Waals surface area contributed by atoms with Crippen molar-refractivity contribution in [3.05, 3.63) is 34.9 Å². The summed E-state index contributed by atoms with van der Waals surface area (Å²) < 4.78 is 5.85. The molecule has 0 radical (unpaired) electrons. The Balaban J connectivity index is 2.05. The molecule has 0 amide bonds. The summed E-state index contributed by atoms with van der Waals surface area (Å²) >= 11 is 0. The second kappa shape index (κ2) is 6.48. The van der Waals surface area contributed by atoms with Gasteiger partial charge in [0.25, 0.3) is 0 Å². The maximum Gasteiger partial charge on any atom is 0.0871 e. The van der Waals surface area contributed by atoms with Gasteiger partial charge in [0, 0.05) is 13.1 Å². The Labute approximate surface area is 115 Å². The molecule has 1 aliphatic rings. The summed E-state index contributed by atoms with van der Waals surface area (Å²) in [5, 5.41) is 0. The van der Waals surface area contributed by atoms with Crippen molar-refractivity contribution in [2.24, 2.45) is 5.84 Å². The van der Waals surface area contributed by atoms with E-state index >= 15 is 0 Å². The Morgan fingerprint density at radius 1 is 1.37 bits per heavy atom. The number of hydrogen-bond donors (Lipinski definition) is 2. The molecule has 106 valence electrons. The van der Waals surface area contributed by atoms with Crippen LogP contribution in [0.1, 0.15) is 16.7 Å². The molecule has 1 aromatic carbocycles. The number of benzene rings is 1. The van der Waals surface area contributed by atoms with Gasteiger partial charge in [0.05, 0.1) is 18.8 Å². The molecule has 0 saturated carbocycles. The third kappa shape index (κ3) is 4.01. The van der Waals surface area contributed by atoms with E-state index in [9.17, 15) is 0 Å². The smallest absolute Gasteiger partial charge is 0.0871 e. The summed E-state index contributed by atoms with van der Waals surface area (Å²) in [5.41, 5.74) is 6.84. The minimum Gasteiger partial charge on any atom is -0.374 e. The quantitative estimate of drug-likeness (QED) is 0.629. The Morgan fingerprint density at radius 3 is 2.63 bits per heavy atom. The van der Waals surface area contributed by atoms with Crippen LogP contribution in [-0.2, 0) is 11.2 Å². The van der Waals surface area contributed by atoms with Crippen molar-refractivity contribution in [2.45, 2.75) is 32.4 Å². The van der Waals surface area contributed by atoms with Crippen molar-refractivity contribution in [3.8, 4) is 0 Å². The normalized spacial score (nSPS) is 22.4. The van der Waals surface area contributed by atoms with Crippen LogP contribution < -0.4 is 11.3 Å². The summed E-state index contributed by atoms with van der Waals surface area (Å²) in [6.07, 6.45) is 1.06. The predicted molar refractivity (Wildman–Crippen MR) is 78.0 cm³/mol. The van der Waals surface area contributed by atoms with Crippen LogP contribution in [0, 0.1) is 13.8 Å². The fraction of sp³-hybridized carbons (Fsp3) is 0.600. The average Bonchev–Trinajstić information content (AvgIpc) is 2.34. The molecule has 4 heteroatoms. The maximum atomic E-state index is 5.85. The summed E-state index contributed by atoms with van der Waals surface area (Å²) in [4.78, 5) is 2.29. The van der Waals surface area contributed by atoms with Crippen molar-refractivity contribution in [2.75, 3.05) is 26.7 Å². The molecule has 2 atom stereocenters. The van der Waals surface area contributed by atoms with E-state index in [1.54, 1.807) is 0 Å². The summed E-state index contributed by atoms with van der Waals surface area (Å²) in [5.74, 6) is 5.72. The Kier molecular flexibility index (Phi) is 4.93. The third-order valence-electron chi connectivity index (χ3n) is 3.70. The van der Waals surface area contributed by atoms with Gasteiger partial charge in [-0.15, -0.1) is 0 Å². The van der Waals surface area contributed by atoms with E-state index in [0.717, 1.165) is 26.1 Å². The second-order valence-corrected chi connectivity index (χ2v) is 5.64. The van der Waals surface area contributed by atoms with Crippen LogP contribution in [0.25, 0.3) is 0 Å². The average molecular weight is 263 g/mol. The predicted octanol–water partition coefficient (Wildman–Crippen LogP) is 1.01. The Morgan fingerprint density at radius 2 is 2.05 bits per heavy atom. The number of rotatable bonds is 4. The lowest BCUT2D eigenvalue weighted by Crippen LogP contribution is -2.54. The van der Waals surface area contributed by atoms with E-state index in [1.807, 2.05) is 0 Å². The summed E-state index contributed by atoms with van der Waals surface area (Å²) in [7, 11) is 2.12. The molecule has 19 heavy (non-hydrogen) atoms. The number of hydrogen-bond acceptors (Lipinski definition) is 4. The first kappa shape index (κ1) is 14.5. The molecule has 0 spiro atoms. The highest BCUT2D eigenvalue weighted by Crippen LogP contribution is 2.15. The minimum absolute atomic E-state index is 0.156. The van der Waals surface area contributed by atoms with Crippen molar-refractivity contribution < 1.29 is 4.74 Å². The number of nitrogens with zero attached hydrogens (tertiary/aromatic N) is 1. The molecule has 4 nitrogen and oxygen atoms in total. The van der Waals surface area contributed by atoms with Gasteiger partial charge in [0.15, 0.2) is 0 Å². The standard InChI is InChI=1S/C15H25N3O/c1-11-6-12(2)8-13(7-11)9-14(17-16)15-10-18(3)4-5-19-15/h6-8,14-15,17H,4-5,9-10,16H2,1-3H3. The van der Waals surface area contributed by atoms with Gasteiger partial charge in [0.2, 0.25) is 0 Å². The number of morpholine rings is 1. The molecular formula is C15H25N3O. The van der Waals surface area contributed by atoms with Crippen LogP contribution in [0.2, 0.25) is 0 Å². The van der Waals surface area contributed by atoms with Gasteiger partial charge in [-0.05, 0) is 32.9 Å². The van der Waals surface area contributed by atoms with Gasteiger partial charge < -0.3 is 9.64 Å². The molecule has 2 unspecified atom stereocenters. The fourth-order valence-electron chi connectivity index (χ4n) is 2.79. The molecule has 1 heterocycles. The van der Waals surface area contributed by atoms with Gasteiger partial charge >= 0.3 is 0 Å². The van der Waals surface area contributed by atoms with Crippen molar-refractivity contribution in [3.63, 3.8) is 0 Å². The zero-order chi connectivity index (χ0) is 13.8. The van der Waals surface area contributed by atoms with Crippen molar-refractivity contribution >= 4 is 0 Å². The van der Waals surface area contributed by atoms with Gasteiger partial charge in [0.1, 0.15) is 0 Å². The third-order valence-corrected chi connectivity index (χ3v) is 3.70. The molecule has 2 rings (SSSR count). The number of nitrogens with two attached hydrogens (primary N) is 1. The maximum absolute atomic E-state index is 5.85. The first-order valence-electron chi connectivity index (χ1n) is 6.92. The van der Waals surface area contributed by atoms with Gasteiger partial charge in [-0.25, -0.2) is 0 Å². The lowest BCUT2D eigenvalue weighted by atomic mass is 9.98. The number of ether oxygens (including phenoxy) is 1. The van der Waals surface area contributed by atoms with E-state index in [-0.39, 0.29) is 12.1 Å². The first-order chi connectivity index (χ1) is 9.08. The molecular weight excluding hydrogens is 238 g/mol. The van der Waals surface area contributed by atoms with E-state index < -0.39 is 0 Å². The first-order valence-corrected chi connectivity index (χ1v) is 6.92. The highest BCUT2D eigenvalue weighted by molar-refractivity contribution is 5.29. The lowest BCUT2D eigenvalue weighted by Gasteiger charge is -2.35. The summed E-state index contributed by atoms with van der Waals surface area (Å²) in [6, 6.07) is 6.80. The number of hydrazine groups is 1. The second-order valence-electron chi connectivity index (χ2n) is 5.64. The van der Waals surface area contributed by atoms with Crippen LogP contribution in [0.5, 0.6) is 0 Å². The van der Waals surface area contributed by atoms with Crippen LogP contribution in [0.15, 0.2) is 18.2 Å². The largest absolute Gasteiger partial charge is 0.374 e. The van der Waals surface area contributed by atoms with Gasteiger partial charge in [-0.3, -0.25) is 11.3 Å². The number of aryl methyl sites for hydroxylation is 2. The van der Waals surface area contributed by atoms with Crippen LogP contribution >= 0.6 is 0 Å². The molecule has 0 aromatic heterocycles. The Bertz CT molecular complexity index is 402. The minimum atomic E-state index is 0.156. The zero-order valence-corrected chi connectivity index (χ0v) is 12.1. The molecule has 1 fully saturated rings. The molecule has 3 N–H and O–H groups in total. The van der Waals surface area contributed by atoms with Crippen molar-refractivity contribution in [1.82, 2.24) is 10.3 Å². The topological polar surface area (TPSA) is 50.5 Å². The van der Waals surface area contributed by atoms with Crippen LogP contribution in [-0.4, -0.2) is 43.8 Å². The summed E-state index contributed by atoms with van der Waals surface area (Å²) in [6.45, 7) is 6.97. The van der Waals surface area contributed by atoms with E-state index in [1.165, 1.54) is 16.7 Å². The van der Waals surface area contributed by atoms with E-state index in [4.69, 9.17) is 10.6 Å². The SMILES string of the molecule is Cc1cc(C)cc(CC(NN)C2CN(C)CCO2)c1. The van der Waals surface area contributed by atoms with Gasteiger partial charge in [-0.2, -0.15) is 0 Å². The fourth-order valence-corrected chi connectivity index (χ4v) is 2.79. The van der Waals surface area contributed by atoms with Gasteiger partial charge in [-0.1, -0.05) is 29.3 Å².